The van der Waals surface area contributed by atoms with Gasteiger partial charge >= 0.3 is 0 Å². The minimum absolute atomic E-state index is 0.158. The number of carbonyl (C=O) groups excluding carboxylic acids is 1. The SMILES string of the molecule is O=C(C(O)Cn1ccc2ccccc21)N1CCN(c2ccc(S(=O)(=O)Nc3nccs3)cc2)CC1. The molecule has 2 aromatic heterocycles. The number of thiazole rings is 1. The van der Waals surface area contributed by atoms with Crippen LogP contribution in [0.15, 0.2) is 77.3 Å². The van der Waals surface area contributed by atoms with Gasteiger partial charge in [-0.05, 0) is 41.8 Å². The summed E-state index contributed by atoms with van der Waals surface area (Å²) in [5.41, 5.74) is 1.86. The summed E-state index contributed by atoms with van der Waals surface area (Å²) in [6, 6.07) is 16.5. The van der Waals surface area contributed by atoms with Crippen LogP contribution in [-0.4, -0.2) is 66.2 Å². The van der Waals surface area contributed by atoms with Gasteiger partial charge in [-0.1, -0.05) is 18.2 Å². The van der Waals surface area contributed by atoms with Crippen molar-refractivity contribution >= 4 is 49.0 Å². The number of para-hydroxylation sites is 1. The highest BCUT2D eigenvalue weighted by atomic mass is 32.2. The summed E-state index contributed by atoms with van der Waals surface area (Å²) in [6.07, 6.45) is 2.31. The number of fused-ring (bicyclic) bond motifs is 1. The molecule has 3 heterocycles. The summed E-state index contributed by atoms with van der Waals surface area (Å²) in [7, 11) is -3.70. The number of benzene rings is 2. The summed E-state index contributed by atoms with van der Waals surface area (Å²) in [5.74, 6) is -0.280. The highest BCUT2D eigenvalue weighted by Gasteiger charge is 2.27. The number of amides is 1. The van der Waals surface area contributed by atoms with Crippen LogP contribution in [0.3, 0.4) is 0 Å². The van der Waals surface area contributed by atoms with Crippen LogP contribution in [0.25, 0.3) is 10.9 Å². The van der Waals surface area contributed by atoms with E-state index in [9.17, 15) is 18.3 Å². The Bertz CT molecular complexity index is 1410. The topological polar surface area (TPSA) is 108 Å². The van der Waals surface area contributed by atoms with Gasteiger partial charge in [-0.25, -0.2) is 13.4 Å². The van der Waals surface area contributed by atoms with Gasteiger partial charge in [-0.2, -0.15) is 0 Å². The van der Waals surface area contributed by atoms with Crippen LogP contribution >= 0.6 is 11.3 Å². The molecule has 9 nitrogen and oxygen atoms in total. The minimum Gasteiger partial charge on any atom is -0.381 e. The molecule has 0 saturated carbocycles. The Morgan fingerprint density at radius 1 is 1.06 bits per heavy atom. The predicted octanol–water partition coefficient (Wildman–Crippen LogP) is 2.61. The third-order valence-corrected chi connectivity index (χ3v) is 8.27. The lowest BCUT2D eigenvalue weighted by atomic mass is 10.2. The maximum atomic E-state index is 12.9. The molecular formula is C24H25N5O4S2. The van der Waals surface area contributed by atoms with Crippen LogP contribution in [0.4, 0.5) is 10.8 Å². The lowest BCUT2D eigenvalue weighted by molar-refractivity contribution is -0.141. The second-order valence-electron chi connectivity index (χ2n) is 8.29. The van der Waals surface area contributed by atoms with Crippen LogP contribution in [0.1, 0.15) is 0 Å². The molecule has 1 amide bonds. The molecule has 11 heteroatoms. The van der Waals surface area contributed by atoms with E-state index in [-0.39, 0.29) is 17.3 Å². The maximum absolute atomic E-state index is 12.9. The van der Waals surface area contributed by atoms with Gasteiger partial charge in [-0.3, -0.25) is 9.52 Å². The molecule has 2 aromatic carbocycles. The number of nitrogens with one attached hydrogen (secondary N) is 1. The molecule has 1 atom stereocenters. The first-order valence-corrected chi connectivity index (χ1v) is 13.5. The van der Waals surface area contributed by atoms with Crippen molar-refractivity contribution in [2.75, 3.05) is 35.8 Å². The molecule has 182 valence electrons. The first kappa shape index (κ1) is 23.3. The summed E-state index contributed by atoms with van der Waals surface area (Å²) in [6.45, 7) is 2.35. The molecule has 0 spiro atoms. The Hall–Kier alpha value is -3.41. The molecule has 0 radical (unpaired) electrons. The van der Waals surface area contributed by atoms with Gasteiger partial charge in [0, 0.05) is 55.2 Å². The number of rotatable bonds is 7. The van der Waals surface area contributed by atoms with E-state index in [2.05, 4.69) is 14.6 Å². The standard InChI is InChI=1S/C24H25N5O4S2/c30-22(17-29-11-9-18-3-1-2-4-21(18)29)23(31)28-14-12-27(13-15-28)19-5-7-20(8-6-19)35(32,33)26-24-25-10-16-34-24/h1-11,16,22,30H,12-15,17H2,(H,25,26). The fourth-order valence-corrected chi connectivity index (χ4v) is 6.03. The van der Waals surface area contributed by atoms with Crippen LogP contribution in [-0.2, 0) is 21.4 Å². The van der Waals surface area contributed by atoms with Gasteiger partial charge in [0.05, 0.1) is 11.4 Å². The van der Waals surface area contributed by atoms with E-state index in [1.165, 1.54) is 17.5 Å². The minimum atomic E-state index is -3.70. The number of piperazine rings is 1. The van der Waals surface area contributed by atoms with E-state index in [0.717, 1.165) is 16.6 Å². The third kappa shape index (κ3) is 5.02. The van der Waals surface area contributed by atoms with E-state index in [1.807, 2.05) is 41.1 Å². The van der Waals surface area contributed by atoms with Crippen LogP contribution in [0.5, 0.6) is 0 Å². The first-order valence-electron chi connectivity index (χ1n) is 11.2. The molecule has 2 N–H and O–H groups in total. The maximum Gasteiger partial charge on any atom is 0.263 e. The van der Waals surface area contributed by atoms with Gasteiger partial charge < -0.3 is 19.5 Å². The Labute approximate surface area is 207 Å². The van der Waals surface area contributed by atoms with Crippen molar-refractivity contribution in [1.82, 2.24) is 14.5 Å². The predicted molar refractivity (Wildman–Crippen MR) is 136 cm³/mol. The molecule has 1 saturated heterocycles. The molecule has 0 aliphatic carbocycles. The van der Waals surface area contributed by atoms with E-state index < -0.39 is 16.1 Å². The second-order valence-corrected chi connectivity index (χ2v) is 10.9. The van der Waals surface area contributed by atoms with Crippen molar-refractivity contribution < 1.29 is 18.3 Å². The van der Waals surface area contributed by atoms with Crippen LogP contribution < -0.4 is 9.62 Å². The molecule has 1 aliphatic heterocycles. The van der Waals surface area contributed by atoms with Gasteiger partial charge in [0.25, 0.3) is 15.9 Å². The summed E-state index contributed by atoms with van der Waals surface area (Å²) >= 11 is 1.21. The number of aliphatic hydroxyl groups is 1. The summed E-state index contributed by atoms with van der Waals surface area (Å²) < 4.78 is 29.4. The van der Waals surface area contributed by atoms with Crippen molar-refractivity contribution in [3.8, 4) is 0 Å². The number of aromatic nitrogens is 2. The van der Waals surface area contributed by atoms with Crippen LogP contribution in [0, 0.1) is 0 Å². The third-order valence-electron chi connectivity index (χ3n) is 6.09. The molecule has 0 bridgehead atoms. The quantitative estimate of drug-likeness (QED) is 0.395. The molecule has 1 fully saturated rings. The van der Waals surface area contributed by atoms with Crippen LogP contribution in [0.2, 0.25) is 0 Å². The first-order chi connectivity index (χ1) is 16.9. The van der Waals surface area contributed by atoms with E-state index in [4.69, 9.17) is 0 Å². The van der Waals surface area contributed by atoms with Crippen molar-refractivity contribution in [3.05, 3.63) is 72.4 Å². The van der Waals surface area contributed by atoms with Crippen molar-refractivity contribution in [2.24, 2.45) is 0 Å². The van der Waals surface area contributed by atoms with Gasteiger partial charge in [-0.15, -0.1) is 11.3 Å². The fraction of sp³-hybridized carbons (Fsp3) is 0.250. The number of aliphatic hydroxyl groups excluding tert-OH is 1. The average Bonchev–Trinajstić information content (AvgIpc) is 3.53. The monoisotopic (exact) mass is 511 g/mol. The number of anilines is 2. The molecular weight excluding hydrogens is 486 g/mol. The highest BCUT2D eigenvalue weighted by Crippen LogP contribution is 2.23. The van der Waals surface area contributed by atoms with Crippen molar-refractivity contribution in [1.29, 1.82) is 0 Å². The zero-order chi connectivity index (χ0) is 24.4. The summed E-state index contributed by atoms with van der Waals surface area (Å²) in [5, 5.41) is 13.7. The van der Waals surface area contributed by atoms with Gasteiger partial charge in [0.1, 0.15) is 0 Å². The zero-order valence-electron chi connectivity index (χ0n) is 18.8. The smallest absolute Gasteiger partial charge is 0.263 e. The zero-order valence-corrected chi connectivity index (χ0v) is 20.5. The van der Waals surface area contributed by atoms with Gasteiger partial charge in [0.2, 0.25) is 0 Å². The van der Waals surface area contributed by atoms with E-state index in [0.29, 0.717) is 31.3 Å². The summed E-state index contributed by atoms with van der Waals surface area (Å²) in [4.78, 5) is 20.7. The molecule has 1 unspecified atom stereocenters. The van der Waals surface area contributed by atoms with E-state index >= 15 is 0 Å². The molecule has 5 rings (SSSR count). The highest BCUT2D eigenvalue weighted by molar-refractivity contribution is 7.93. The molecule has 35 heavy (non-hydrogen) atoms. The second kappa shape index (κ2) is 9.68. The molecule has 1 aliphatic rings. The van der Waals surface area contributed by atoms with Crippen molar-refractivity contribution in [2.45, 2.75) is 17.5 Å². The normalized spacial score (nSPS) is 15.3. The number of carbonyl (C=O) groups is 1. The van der Waals surface area contributed by atoms with E-state index in [1.54, 1.807) is 34.5 Å². The number of hydrogen-bond acceptors (Lipinski definition) is 7. The number of nitrogens with zero attached hydrogens (tertiary/aromatic N) is 4. The lowest BCUT2D eigenvalue weighted by Crippen LogP contribution is -2.52. The fourth-order valence-electron chi connectivity index (χ4n) is 4.24. The lowest BCUT2D eigenvalue weighted by Gasteiger charge is -2.37. The molecule has 4 aromatic rings. The van der Waals surface area contributed by atoms with Gasteiger partial charge in [0.15, 0.2) is 11.2 Å². The van der Waals surface area contributed by atoms with Crippen molar-refractivity contribution in [3.63, 3.8) is 0 Å². The Morgan fingerprint density at radius 3 is 2.51 bits per heavy atom. The number of sulfonamides is 1. The largest absolute Gasteiger partial charge is 0.381 e. The Balaban J connectivity index is 1.17. The Kier molecular flexibility index (Phi) is 6.46. The Morgan fingerprint density at radius 2 is 1.80 bits per heavy atom. The average molecular weight is 512 g/mol. The number of hydrogen-bond donors (Lipinski definition) is 2.